The zero-order chi connectivity index (χ0) is 17.2. The standard InChI is InChI=1S/C9H12O3S.C5H9NO3/c1-8-3-5-9(6-4-8)7-12-13(2,10)11;6-3-4(7)1-2-5(8)9/h3-6H,7H2,1-2H3;1-3,6H2,(H,8,9). The molecule has 0 aliphatic rings. The Hall–Kier alpha value is -1.77. The summed E-state index contributed by atoms with van der Waals surface area (Å²) in [5.41, 5.74) is 6.91. The van der Waals surface area contributed by atoms with Gasteiger partial charge in [0, 0.05) is 6.42 Å². The fourth-order valence-corrected chi connectivity index (χ4v) is 1.56. The van der Waals surface area contributed by atoms with Crippen LogP contribution >= 0.6 is 0 Å². The first-order chi connectivity index (χ1) is 10.1. The van der Waals surface area contributed by atoms with Gasteiger partial charge in [-0.3, -0.25) is 13.8 Å². The van der Waals surface area contributed by atoms with Crippen LogP contribution in [-0.2, 0) is 30.5 Å². The Bertz CT molecular complexity index is 580. The van der Waals surface area contributed by atoms with Crippen molar-refractivity contribution < 1.29 is 27.3 Å². The van der Waals surface area contributed by atoms with E-state index in [2.05, 4.69) is 4.18 Å². The summed E-state index contributed by atoms with van der Waals surface area (Å²) in [5, 5.41) is 8.06. The number of rotatable bonds is 7. The second kappa shape index (κ2) is 10.0. The highest BCUT2D eigenvalue weighted by Crippen LogP contribution is 2.05. The molecule has 0 amide bonds. The van der Waals surface area contributed by atoms with E-state index in [1.807, 2.05) is 31.2 Å². The van der Waals surface area contributed by atoms with E-state index in [0.29, 0.717) is 0 Å². The largest absolute Gasteiger partial charge is 0.481 e. The quantitative estimate of drug-likeness (QED) is 0.710. The van der Waals surface area contributed by atoms with Crippen LogP contribution in [0.5, 0.6) is 0 Å². The van der Waals surface area contributed by atoms with Gasteiger partial charge in [0.25, 0.3) is 10.1 Å². The lowest BCUT2D eigenvalue weighted by molar-refractivity contribution is -0.138. The van der Waals surface area contributed by atoms with Crippen LogP contribution in [0.25, 0.3) is 0 Å². The molecule has 1 aromatic carbocycles. The third-order valence-corrected chi connectivity index (χ3v) is 2.95. The number of aryl methyl sites for hydroxylation is 1. The SMILES string of the molecule is Cc1ccc(COS(C)(=O)=O)cc1.NCC(=O)CCC(=O)O. The van der Waals surface area contributed by atoms with Crippen molar-refractivity contribution in [2.45, 2.75) is 26.4 Å². The van der Waals surface area contributed by atoms with Crippen LogP contribution in [-0.4, -0.2) is 38.1 Å². The molecule has 1 aromatic rings. The molecule has 8 heteroatoms. The molecule has 0 heterocycles. The van der Waals surface area contributed by atoms with Crippen molar-refractivity contribution in [2.24, 2.45) is 5.73 Å². The number of nitrogens with two attached hydrogens (primary N) is 1. The van der Waals surface area contributed by atoms with Gasteiger partial charge in [0.2, 0.25) is 0 Å². The Morgan fingerprint density at radius 2 is 1.73 bits per heavy atom. The second-order valence-electron chi connectivity index (χ2n) is 4.59. The van der Waals surface area contributed by atoms with Crippen molar-refractivity contribution in [1.29, 1.82) is 0 Å². The van der Waals surface area contributed by atoms with E-state index in [0.717, 1.165) is 17.4 Å². The number of carbonyl (C=O) groups is 2. The number of benzene rings is 1. The van der Waals surface area contributed by atoms with Gasteiger partial charge >= 0.3 is 5.97 Å². The Labute approximate surface area is 130 Å². The molecule has 0 aromatic heterocycles. The third kappa shape index (κ3) is 12.0. The molecule has 0 aliphatic heterocycles. The molecular formula is C14H21NO6S. The van der Waals surface area contributed by atoms with Gasteiger partial charge in [0.15, 0.2) is 0 Å². The molecule has 3 N–H and O–H groups in total. The molecule has 0 fully saturated rings. The highest BCUT2D eigenvalue weighted by atomic mass is 32.2. The highest BCUT2D eigenvalue weighted by molar-refractivity contribution is 7.85. The van der Waals surface area contributed by atoms with Gasteiger partial charge in [-0.15, -0.1) is 0 Å². The molecule has 7 nitrogen and oxygen atoms in total. The lowest BCUT2D eigenvalue weighted by atomic mass is 10.2. The summed E-state index contributed by atoms with van der Waals surface area (Å²) in [7, 11) is -3.33. The summed E-state index contributed by atoms with van der Waals surface area (Å²) in [6.07, 6.45) is 0.975. The van der Waals surface area contributed by atoms with E-state index in [4.69, 9.17) is 10.8 Å². The van der Waals surface area contributed by atoms with E-state index in [-0.39, 0.29) is 31.8 Å². The van der Waals surface area contributed by atoms with Gasteiger partial charge in [-0.25, -0.2) is 0 Å². The van der Waals surface area contributed by atoms with Crippen LogP contribution in [0.15, 0.2) is 24.3 Å². The summed E-state index contributed by atoms with van der Waals surface area (Å²) in [6.45, 7) is 2.02. The lowest BCUT2D eigenvalue weighted by Crippen LogP contribution is -2.14. The lowest BCUT2D eigenvalue weighted by Gasteiger charge is -2.01. The molecule has 1 rings (SSSR count). The maximum absolute atomic E-state index is 10.6. The van der Waals surface area contributed by atoms with Gasteiger partial charge < -0.3 is 10.8 Å². The number of aliphatic carboxylic acids is 1. The van der Waals surface area contributed by atoms with Crippen LogP contribution in [0, 0.1) is 6.92 Å². The first-order valence-electron chi connectivity index (χ1n) is 6.47. The monoisotopic (exact) mass is 331 g/mol. The Morgan fingerprint density at radius 3 is 2.14 bits per heavy atom. The normalized spacial score (nSPS) is 10.5. The summed E-state index contributed by atoms with van der Waals surface area (Å²) in [5.74, 6) is -1.17. The van der Waals surface area contributed by atoms with E-state index < -0.39 is 16.1 Å². The van der Waals surface area contributed by atoms with Gasteiger partial charge in [-0.05, 0) is 12.5 Å². The van der Waals surface area contributed by atoms with E-state index in [1.54, 1.807) is 0 Å². The fourth-order valence-electron chi connectivity index (χ4n) is 1.21. The van der Waals surface area contributed by atoms with E-state index in [1.165, 1.54) is 0 Å². The van der Waals surface area contributed by atoms with Crippen LogP contribution in [0.1, 0.15) is 24.0 Å². The minimum Gasteiger partial charge on any atom is -0.481 e. The van der Waals surface area contributed by atoms with Crippen molar-refractivity contribution in [1.82, 2.24) is 0 Å². The maximum Gasteiger partial charge on any atom is 0.303 e. The Kier molecular flexibility index (Phi) is 9.23. The maximum atomic E-state index is 10.6. The molecule has 0 bridgehead atoms. The Balaban J connectivity index is 0.000000433. The van der Waals surface area contributed by atoms with Crippen molar-refractivity contribution in [3.63, 3.8) is 0 Å². The number of ketones is 1. The number of carboxylic acids is 1. The zero-order valence-corrected chi connectivity index (χ0v) is 13.4. The summed E-state index contributed by atoms with van der Waals surface area (Å²) in [6, 6.07) is 7.53. The van der Waals surface area contributed by atoms with E-state index >= 15 is 0 Å². The third-order valence-electron chi connectivity index (χ3n) is 2.41. The van der Waals surface area contributed by atoms with E-state index in [9.17, 15) is 18.0 Å². The van der Waals surface area contributed by atoms with Gasteiger partial charge in [-0.1, -0.05) is 29.8 Å². The molecule has 0 saturated heterocycles. The second-order valence-corrected chi connectivity index (χ2v) is 6.23. The van der Waals surface area contributed by atoms with Crippen molar-refractivity contribution in [3.8, 4) is 0 Å². The smallest absolute Gasteiger partial charge is 0.303 e. The summed E-state index contributed by atoms with van der Waals surface area (Å²) < 4.78 is 25.9. The molecule has 0 aliphatic carbocycles. The predicted octanol–water partition coefficient (Wildman–Crippen LogP) is 0.850. The molecule has 22 heavy (non-hydrogen) atoms. The van der Waals surface area contributed by atoms with Gasteiger partial charge in [0.05, 0.1) is 25.8 Å². The first kappa shape index (κ1) is 20.2. The van der Waals surface area contributed by atoms with Crippen LogP contribution in [0.4, 0.5) is 0 Å². The van der Waals surface area contributed by atoms with Crippen molar-refractivity contribution >= 4 is 21.9 Å². The van der Waals surface area contributed by atoms with Crippen molar-refractivity contribution in [2.75, 3.05) is 12.8 Å². The molecule has 0 spiro atoms. The first-order valence-corrected chi connectivity index (χ1v) is 8.29. The number of hydrogen-bond donors (Lipinski definition) is 2. The molecule has 0 radical (unpaired) electrons. The minimum absolute atomic E-state index is 0.0475. The topological polar surface area (TPSA) is 124 Å². The fraction of sp³-hybridized carbons (Fsp3) is 0.429. The average Bonchev–Trinajstić information content (AvgIpc) is 2.44. The van der Waals surface area contributed by atoms with Gasteiger partial charge in [0.1, 0.15) is 5.78 Å². The molecular weight excluding hydrogens is 310 g/mol. The molecule has 0 atom stereocenters. The average molecular weight is 331 g/mol. The molecule has 124 valence electrons. The number of Topliss-reactive ketones (excluding diaryl/α,β-unsaturated/α-hetero) is 1. The van der Waals surface area contributed by atoms with Crippen LogP contribution < -0.4 is 5.73 Å². The minimum atomic E-state index is -3.33. The zero-order valence-electron chi connectivity index (χ0n) is 12.6. The molecule has 0 unspecified atom stereocenters. The molecule has 0 saturated carbocycles. The number of carbonyl (C=O) groups excluding carboxylic acids is 1. The summed E-state index contributed by atoms with van der Waals surface area (Å²) >= 11 is 0. The highest BCUT2D eigenvalue weighted by Gasteiger charge is 2.02. The number of carboxylic acid groups (broad SMARTS) is 1. The predicted molar refractivity (Wildman–Crippen MR) is 81.7 cm³/mol. The van der Waals surface area contributed by atoms with Crippen LogP contribution in [0.2, 0.25) is 0 Å². The number of hydrogen-bond acceptors (Lipinski definition) is 6. The summed E-state index contributed by atoms with van der Waals surface area (Å²) in [4.78, 5) is 20.2. The Morgan fingerprint density at radius 1 is 1.18 bits per heavy atom. The van der Waals surface area contributed by atoms with Crippen molar-refractivity contribution in [3.05, 3.63) is 35.4 Å². The van der Waals surface area contributed by atoms with Crippen LogP contribution in [0.3, 0.4) is 0 Å². The van der Waals surface area contributed by atoms with Gasteiger partial charge in [-0.2, -0.15) is 8.42 Å².